The zero-order valence-electron chi connectivity index (χ0n) is 12.6. The van der Waals surface area contributed by atoms with E-state index in [1.165, 1.54) is 12.1 Å². The molecule has 2 aromatic carbocycles. The summed E-state index contributed by atoms with van der Waals surface area (Å²) in [7, 11) is 0. The fraction of sp³-hybridized carbons (Fsp3) is 0.235. The lowest BCUT2D eigenvalue weighted by atomic mass is 10.2. The molecule has 122 valence electrons. The van der Waals surface area contributed by atoms with Crippen LogP contribution in [-0.2, 0) is 0 Å². The molecule has 1 amide bonds. The number of hydrogen-bond donors (Lipinski definition) is 2. The van der Waals surface area contributed by atoms with Gasteiger partial charge in [0.15, 0.2) is 0 Å². The topological polar surface area (TPSA) is 58.6 Å². The number of carbonyl (C=O) groups is 1. The number of ether oxygens (including phenoxy) is 1. The van der Waals surface area contributed by atoms with Gasteiger partial charge < -0.3 is 15.2 Å². The number of aliphatic hydroxyl groups is 1. The first-order valence-corrected chi connectivity index (χ1v) is 7.44. The number of amides is 1. The van der Waals surface area contributed by atoms with E-state index in [2.05, 4.69) is 5.32 Å². The van der Waals surface area contributed by atoms with E-state index in [0.717, 1.165) is 11.6 Å². The van der Waals surface area contributed by atoms with Crippen LogP contribution in [0.25, 0.3) is 0 Å². The number of hydrogen-bond acceptors (Lipinski definition) is 3. The van der Waals surface area contributed by atoms with Crippen LogP contribution in [-0.4, -0.2) is 30.3 Å². The van der Waals surface area contributed by atoms with E-state index in [1.54, 1.807) is 6.07 Å². The molecular formula is C17H17ClFNO3. The second kappa shape index (κ2) is 7.94. The van der Waals surface area contributed by atoms with Crippen LogP contribution in [0.4, 0.5) is 4.39 Å². The van der Waals surface area contributed by atoms with Gasteiger partial charge in [0.05, 0.1) is 5.56 Å². The Labute approximate surface area is 138 Å². The SMILES string of the molecule is Cc1cccc(OC[C@@H](O)CNC(=O)c2cc(Cl)ccc2F)c1. The third kappa shape index (κ3) is 5.23. The van der Waals surface area contributed by atoms with Crippen molar-refractivity contribution in [2.45, 2.75) is 13.0 Å². The summed E-state index contributed by atoms with van der Waals surface area (Å²) in [6.07, 6.45) is -0.915. The van der Waals surface area contributed by atoms with Gasteiger partial charge in [0.2, 0.25) is 0 Å². The standard InChI is InChI=1S/C17H17ClFNO3/c1-11-3-2-4-14(7-11)23-10-13(21)9-20-17(22)15-8-12(18)5-6-16(15)19/h2-8,13,21H,9-10H2,1H3,(H,20,22)/t13-/m0/s1. The molecule has 0 bridgehead atoms. The third-order valence-electron chi connectivity index (χ3n) is 3.10. The van der Waals surface area contributed by atoms with Gasteiger partial charge in [0.1, 0.15) is 24.3 Å². The van der Waals surface area contributed by atoms with Gasteiger partial charge in [-0.2, -0.15) is 0 Å². The second-order valence-corrected chi connectivity index (χ2v) is 5.55. The van der Waals surface area contributed by atoms with Crippen molar-refractivity contribution in [3.63, 3.8) is 0 Å². The van der Waals surface area contributed by atoms with Crippen LogP contribution >= 0.6 is 11.6 Å². The van der Waals surface area contributed by atoms with E-state index < -0.39 is 17.8 Å². The van der Waals surface area contributed by atoms with Crippen LogP contribution in [0.3, 0.4) is 0 Å². The molecule has 4 nitrogen and oxygen atoms in total. The quantitative estimate of drug-likeness (QED) is 0.852. The minimum Gasteiger partial charge on any atom is -0.491 e. The number of aliphatic hydroxyl groups excluding tert-OH is 1. The summed E-state index contributed by atoms with van der Waals surface area (Å²) >= 11 is 5.74. The summed E-state index contributed by atoms with van der Waals surface area (Å²) in [5.74, 6) is -0.673. The Morgan fingerprint density at radius 2 is 2.13 bits per heavy atom. The molecule has 0 radical (unpaired) electrons. The maximum Gasteiger partial charge on any atom is 0.254 e. The van der Waals surface area contributed by atoms with Crippen molar-refractivity contribution in [1.29, 1.82) is 0 Å². The number of carbonyl (C=O) groups excluding carboxylic acids is 1. The van der Waals surface area contributed by atoms with Crippen molar-refractivity contribution in [3.8, 4) is 5.75 Å². The van der Waals surface area contributed by atoms with Crippen LogP contribution in [0.5, 0.6) is 5.75 Å². The molecule has 0 saturated carbocycles. The van der Waals surface area contributed by atoms with Crippen molar-refractivity contribution in [1.82, 2.24) is 5.32 Å². The van der Waals surface area contributed by atoms with Crippen LogP contribution in [0.15, 0.2) is 42.5 Å². The molecule has 0 unspecified atom stereocenters. The van der Waals surface area contributed by atoms with Crippen LogP contribution < -0.4 is 10.1 Å². The van der Waals surface area contributed by atoms with E-state index in [-0.39, 0.29) is 23.7 Å². The van der Waals surface area contributed by atoms with Crippen molar-refractivity contribution < 1.29 is 19.0 Å². The first-order chi connectivity index (χ1) is 11.0. The molecule has 2 rings (SSSR count). The van der Waals surface area contributed by atoms with E-state index in [9.17, 15) is 14.3 Å². The molecule has 2 N–H and O–H groups in total. The average Bonchev–Trinajstić information content (AvgIpc) is 2.53. The Hall–Kier alpha value is -2.11. The smallest absolute Gasteiger partial charge is 0.254 e. The Kier molecular flexibility index (Phi) is 5.96. The Balaban J connectivity index is 1.83. The fourth-order valence-electron chi connectivity index (χ4n) is 1.93. The Morgan fingerprint density at radius 3 is 2.87 bits per heavy atom. The highest BCUT2D eigenvalue weighted by Crippen LogP contribution is 2.15. The molecule has 6 heteroatoms. The van der Waals surface area contributed by atoms with Gasteiger partial charge in [0.25, 0.3) is 5.91 Å². The summed E-state index contributed by atoms with van der Waals surface area (Å²) in [6, 6.07) is 11.1. The summed E-state index contributed by atoms with van der Waals surface area (Å²) in [5, 5.41) is 12.6. The van der Waals surface area contributed by atoms with E-state index in [4.69, 9.17) is 16.3 Å². The molecule has 0 spiro atoms. The van der Waals surface area contributed by atoms with Gasteiger partial charge in [-0.25, -0.2) is 4.39 Å². The zero-order chi connectivity index (χ0) is 16.8. The molecule has 0 heterocycles. The normalized spacial score (nSPS) is 11.8. The monoisotopic (exact) mass is 337 g/mol. The molecule has 2 aromatic rings. The molecule has 0 aliphatic heterocycles. The number of halogens is 2. The van der Waals surface area contributed by atoms with Gasteiger partial charge in [-0.3, -0.25) is 4.79 Å². The highest BCUT2D eigenvalue weighted by Gasteiger charge is 2.14. The van der Waals surface area contributed by atoms with E-state index >= 15 is 0 Å². The van der Waals surface area contributed by atoms with E-state index in [1.807, 2.05) is 25.1 Å². The van der Waals surface area contributed by atoms with Crippen LogP contribution in [0.2, 0.25) is 5.02 Å². The molecule has 1 atom stereocenters. The summed E-state index contributed by atoms with van der Waals surface area (Å²) in [4.78, 5) is 11.9. The lowest BCUT2D eigenvalue weighted by Gasteiger charge is -2.14. The van der Waals surface area contributed by atoms with Crippen LogP contribution in [0.1, 0.15) is 15.9 Å². The molecular weight excluding hydrogens is 321 g/mol. The fourth-order valence-corrected chi connectivity index (χ4v) is 2.11. The molecule has 0 aliphatic carbocycles. The predicted molar refractivity (Wildman–Crippen MR) is 86.4 cm³/mol. The zero-order valence-corrected chi connectivity index (χ0v) is 13.3. The largest absolute Gasteiger partial charge is 0.491 e. The summed E-state index contributed by atoms with van der Waals surface area (Å²) in [6.45, 7) is 1.89. The highest BCUT2D eigenvalue weighted by molar-refractivity contribution is 6.31. The number of aryl methyl sites for hydroxylation is 1. The van der Waals surface area contributed by atoms with Crippen molar-refractivity contribution in [2.24, 2.45) is 0 Å². The van der Waals surface area contributed by atoms with Gasteiger partial charge in [0, 0.05) is 11.6 Å². The van der Waals surface area contributed by atoms with Gasteiger partial charge >= 0.3 is 0 Å². The summed E-state index contributed by atoms with van der Waals surface area (Å²) in [5.41, 5.74) is 0.881. The Morgan fingerprint density at radius 1 is 1.35 bits per heavy atom. The minimum atomic E-state index is -0.915. The van der Waals surface area contributed by atoms with Crippen LogP contribution in [0, 0.1) is 12.7 Å². The van der Waals surface area contributed by atoms with E-state index in [0.29, 0.717) is 5.75 Å². The van der Waals surface area contributed by atoms with Gasteiger partial charge in [-0.15, -0.1) is 0 Å². The number of nitrogens with one attached hydrogen (secondary N) is 1. The van der Waals surface area contributed by atoms with Gasteiger partial charge in [-0.05, 0) is 42.8 Å². The first-order valence-electron chi connectivity index (χ1n) is 7.06. The van der Waals surface area contributed by atoms with Crippen molar-refractivity contribution >= 4 is 17.5 Å². The van der Waals surface area contributed by atoms with Gasteiger partial charge in [-0.1, -0.05) is 23.7 Å². The maximum atomic E-state index is 13.5. The lowest BCUT2D eigenvalue weighted by molar-refractivity contribution is 0.0840. The second-order valence-electron chi connectivity index (χ2n) is 5.12. The molecule has 0 fully saturated rings. The molecule has 0 aromatic heterocycles. The Bertz CT molecular complexity index is 693. The molecule has 0 aliphatic rings. The molecule has 0 saturated heterocycles. The average molecular weight is 338 g/mol. The molecule has 23 heavy (non-hydrogen) atoms. The first kappa shape index (κ1) is 17.2. The lowest BCUT2D eigenvalue weighted by Crippen LogP contribution is -2.35. The predicted octanol–water partition coefficient (Wildman–Crippen LogP) is 2.96. The number of rotatable bonds is 6. The number of benzene rings is 2. The van der Waals surface area contributed by atoms with Crippen molar-refractivity contribution in [3.05, 3.63) is 64.4 Å². The third-order valence-corrected chi connectivity index (χ3v) is 3.34. The van der Waals surface area contributed by atoms with Crippen molar-refractivity contribution in [2.75, 3.05) is 13.2 Å². The highest BCUT2D eigenvalue weighted by atomic mass is 35.5. The minimum absolute atomic E-state index is 0.0156. The summed E-state index contributed by atoms with van der Waals surface area (Å²) < 4.78 is 19.0. The maximum absolute atomic E-state index is 13.5.